The van der Waals surface area contributed by atoms with Crippen LogP contribution in [-0.4, -0.2) is 47.9 Å². The van der Waals surface area contributed by atoms with E-state index < -0.39 is 23.4 Å². The first-order valence-electron chi connectivity index (χ1n) is 9.30. The van der Waals surface area contributed by atoms with Gasteiger partial charge in [-0.15, -0.1) is 13.2 Å². The standard InChI is InChI=1S/C22H21F3IN3O/c1-3-9-28(10-4-2)15-12-29(13-15)22(30)16-6-7-17(23)20(25)21(16)27-19-8-5-14(26)11-18(19)24/h3-8,11,15,27H,1-2,9-10,12-13H2. The van der Waals surface area contributed by atoms with Crippen LogP contribution in [-0.2, 0) is 0 Å². The van der Waals surface area contributed by atoms with Crippen molar-refractivity contribution in [3.05, 3.63) is 82.2 Å². The fourth-order valence-electron chi connectivity index (χ4n) is 3.30. The predicted molar refractivity (Wildman–Crippen MR) is 120 cm³/mol. The quantitative estimate of drug-likeness (QED) is 0.390. The molecule has 1 aliphatic rings. The zero-order valence-corrected chi connectivity index (χ0v) is 18.3. The van der Waals surface area contributed by atoms with E-state index in [9.17, 15) is 18.0 Å². The highest BCUT2D eigenvalue weighted by Crippen LogP contribution is 2.30. The lowest BCUT2D eigenvalue weighted by Gasteiger charge is -2.45. The van der Waals surface area contributed by atoms with Gasteiger partial charge in [0, 0.05) is 35.8 Å². The number of hydrogen-bond acceptors (Lipinski definition) is 3. The number of likely N-dealkylation sites (tertiary alicyclic amines) is 1. The van der Waals surface area contributed by atoms with E-state index in [0.717, 1.165) is 6.07 Å². The van der Waals surface area contributed by atoms with E-state index in [0.29, 0.717) is 29.7 Å². The van der Waals surface area contributed by atoms with Crippen LogP contribution >= 0.6 is 22.6 Å². The third-order valence-corrected chi connectivity index (χ3v) is 5.58. The van der Waals surface area contributed by atoms with Gasteiger partial charge < -0.3 is 10.2 Å². The SMILES string of the molecule is C=CCN(CC=C)C1CN(C(=O)c2ccc(F)c(F)c2Nc2ccc(I)cc2F)C1. The molecule has 1 aliphatic heterocycles. The lowest BCUT2D eigenvalue weighted by molar-refractivity contribution is 0.0331. The first-order chi connectivity index (χ1) is 14.3. The van der Waals surface area contributed by atoms with Gasteiger partial charge in [0.1, 0.15) is 5.82 Å². The molecule has 1 fully saturated rings. The molecule has 158 valence electrons. The van der Waals surface area contributed by atoms with Gasteiger partial charge in [-0.3, -0.25) is 9.69 Å². The molecule has 8 heteroatoms. The van der Waals surface area contributed by atoms with Crippen LogP contribution in [0.4, 0.5) is 24.5 Å². The molecule has 0 unspecified atom stereocenters. The van der Waals surface area contributed by atoms with Gasteiger partial charge in [-0.25, -0.2) is 13.2 Å². The molecule has 0 atom stereocenters. The number of nitrogens with one attached hydrogen (secondary N) is 1. The Hall–Kier alpha value is -2.33. The Morgan fingerprint density at radius 3 is 2.40 bits per heavy atom. The van der Waals surface area contributed by atoms with E-state index in [-0.39, 0.29) is 23.0 Å². The van der Waals surface area contributed by atoms with Crippen molar-refractivity contribution in [3.8, 4) is 0 Å². The normalized spacial score (nSPS) is 13.8. The van der Waals surface area contributed by atoms with Crippen LogP contribution in [0.3, 0.4) is 0 Å². The Kier molecular flexibility index (Phi) is 7.19. The molecule has 0 aliphatic carbocycles. The fourth-order valence-corrected chi connectivity index (χ4v) is 3.76. The third-order valence-electron chi connectivity index (χ3n) is 4.91. The molecule has 0 aromatic heterocycles. The second kappa shape index (κ2) is 9.65. The monoisotopic (exact) mass is 527 g/mol. The molecule has 30 heavy (non-hydrogen) atoms. The second-order valence-electron chi connectivity index (χ2n) is 6.93. The summed E-state index contributed by atoms with van der Waals surface area (Å²) in [4.78, 5) is 16.6. The number of amides is 1. The molecule has 0 bridgehead atoms. The van der Waals surface area contributed by atoms with Gasteiger partial charge in [-0.2, -0.15) is 0 Å². The van der Waals surface area contributed by atoms with E-state index in [4.69, 9.17) is 0 Å². The number of anilines is 2. The molecule has 2 aromatic rings. The number of hydrogen-bond donors (Lipinski definition) is 1. The molecule has 1 heterocycles. The van der Waals surface area contributed by atoms with E-state index in [1.807, 2.05) is 22.6 Å². The summed E-state index contributed by atoms with van der Waals surface area (Å²) in [5.74, 6) is -3.42. The van der Waals surface area contributed by atoms with Crippen molar-refractivity contribution < 1.29 is 18.0 Å². The van der Waals surface area contributed by atoms with Gasteiger partial charge in [-0.1, -0.05) is 12.2 Å². The minimum Gasteiger partial charge on any atom is -0.350 e. The van der Waals surface area contributed by atoms with Crippen LogP contribution in [0.1, 0.15) is 10.4 Å². The van der Waals surface area contributed by atoms with Crippen molar-refractivity contribution in [2.75, 3.05) is 31.5 Å². The van der Waals surface area contributed by atoms with Crippen molar-refractivity contribution >= 4 is 39.9 Å². The van der Waals surface area contributed by atoms with Crippen molar-refractivity contribution in [2.45, 2.75) is 6.04 Å². The Morgan fingerprint density at radius 1 is 1.13 bits per heavy atom. The van der Waals surface area contributed by atoms with E-state index in [1.54, 1.807) is 23.1 Å². The van der Waals surface area contributed by atoms with E-state index in [2.05, 4.69) is 23.4 Å². The van der Waals surface area contributed by atoms with Gasteiger partial charge in [0.2, 0.25) is 0 Å². The van der Waals surface area contributed by atoms with Crippen LogP contribution in [0.25, 0.3) is 0 Å². The maximum absolute atomic E-state index is 14.5. The lowest BCUT2D eigenvalue weighted by Crippen LogP contribution is -2.61. The summed E-state index contributed by atoms with van der Waals surface area (Å²) in [6, 6.07) is 6.54. The predicted octanol–water partition coefficient (Wildman–Crippen LogP) is 4.95. The largest absolute Gasteiger partial charge is 0.350 e. The van der Waals surface area contributed by atoms with Crippen LogP contribution in [0.5, 0.6) is 0 Å². The minimum absolute atomic E-state index is 0.0430. The first kappa shape index (κ1) is 22.4. The average molecular weight is 527 g/mol. The van der Waals surface area contributed by atoms with Crippen LogP contribution in [0.15, 0.2) is 55.6 Å². The topological polar surface area (TPSA) is 35.6 Å². The number of carbonyl (C=O) groups is 1. The molecular formula is C22H21F3IN3O. The Morgan fingerprint density at radius 2 is 1.80 bits per heavy atom. The average Bonchev–Trinajstić information content (AvgIpc) is 2.66. The molecular weight excluding hydrogens is 506 g/mol. The number of nitrogens with zero attached hydrogens (tertiary/aromatic N) is 2. The van der Waals surface area contributed by atoms with Gasteiger partial charge in [-0.05, 0) is 52.9 Å². The highest BCUT2D eigenvalue weighted by atomic mass is 127. The Labute approximate surface area is 187 Å². The van der Waals surface area contributed by atoms with E-state index >= 15 is 0 Å². The number of rotatable bonds is 8. The Balaban J connectivity index is 1.82. The summed E-state index contributed by atoms with van der Waals surface area (Å²) >= 11 is 1.94. The van der Waals surface area contributed by atoms with Gasteiger partial charge in [0.15, 0.2) is 11.6 Å². The molecule has 2 aromatic carbocycles. The number of halogens is 4. The smallest absolute Gasteiger partial charge is 0.256 e. The zero-order valence-electron chi connectivity index (χ0n) is 16.2. The van der Waals surface area contributed by atoms with Gasteiger partial charge >= 0.3 is 0 Å². The van der Waals surface area contributed by atoms with Gasteiger partial charge in [0.25, 0.3) is 5.91 Å². The molecule has 1 saturated heterocycles. The third kappa shape index (κ3) is 4.70. The van der Waals surface area contributed by atoms with Crippen molar-refractivity contribution in [3.63, 3.8) is 0 Å². The lowest BCUT2D eigenvalue weighted by atomic mass is 10.0. The van der Waals surface area contributed by atoms with Crippen LogP contribution in [0.2, 0.25) is 0 Å². The number of benzene rings is 2. The maximum atomic E-state index is 14.5. The summed E-state index contributed by atoms with van der Waals surface area (Å²) in [5, 5.41) is 2.56. The van der Waals surface area contributed by atoms with Crippen molar-refractivity contribution in [1.29, 1.82) is 0 Å². The molecule has 3 rings (SSSR count). The summed E-state index contributed by atoms with van der Waals surface area (Å²) in [7, 11) is 0. The summed E-state index contributed by atoms with van der Waals surface area (Å²) in [5.41, 5.74) is -0.472. The maximum Gasteiger partial charge on any atom is 0.256 e. The molecule has 4 nitrogen and oxygen atoms in total. The van der Waals surface area contributed by atoms with E-state index in [1.165, 1.54) is 18.2 Å². The van der Waals surface area contributed by atoms with Crippen LogP contribution in [0, 0.1) is 21.0 Å². The molecule has 0 radical (unpaired) electrons. The summed E-state index contributed by atoms with van der Waals surface area (Å²) in [6.45, 7) is 9.66. The van der Waals surface area contributed by atoms with Crippen molar-refractivity contribution in [1.82, 2.24) is 9.80 Å². The Bertz CT molecular complexity index is 966. The van der Waals surface area contributed by atoms with Gasteiger partial charge in [0.05, 0.1) is 16.9 Å². The highest BCUT2D eigenvalue weighted by Gasteiger charge is 2.36. The van der Waals surface area contributed by atoms with Crippen LogP contribution < -0.4 is 5.32 Å². The first-order valence-corrected chi connectivity index (χ1v) is 10.4. The zero-order chi connectivity index (χ0) is 21.8. The summed E-state index contributed by atoms with van der Waals surface area (Å²) in [6.07, 6.45) is 3.56. The summed E-state index contributed by atoms with van der Waals surface area (Å²) < 4.78 is 43.3. The van der Waals surface area contributed by atoms with Crippen molar-refractivity contribution in [2.24, 2.45) is 0 Å². The molecule has 0 spiro atoms. The minimum atomic E-state index is -1.23. The number of carbonyl (C=O) groups excluding carboxylic acids is 1. The highest BCUT2D eigenvalue weighted by molar-refractivity contribution is 14.1. The fraction of sp³-hybridized carbons (Fsp3) is 0.227. The second-order valence-corrected chi connectivity index (χ2v) is 8.17. The molecule has 1 N–H and O–H groups in total. The molecule has 1 amide bonds. The molecule has 0 saturated carbocycles.